The molecule has 0 amide bonds. The van der Waals surface area contributed by atoms with E-state index < -0.39 is 0 Å². The molecule has 0 saturated heterocycles. The van der Waals surface area contributed by atoms with Crippen molar-refractivity contribution in [1.29, 1.82) is 0 Å². The van der Waals surface area contributed by atoms with Crippen LogP contribution < -0.4 is 10.2 Å². The van der Waals surface area contributed by atoms with Gasteiger partial charge in [-0.15, -0.1) is 11.5 Å². The van der Waals surface area contributed by atoms with Crippen LogP contribution in [0.2, 0.25) is 0 Å². The van der Waals surface area contributed by atoms with Gasteiger partial charge in [-0.25, -0.2) is 0 Å². The predicted octanol–water partition coefficient (Wildman–Crippen LogP) is 3.33. The maximum absolute atomic E-state index is 11.7. The van der Waals surface area contributed by atoms with Gasteiger partial charge in [0.1, 0.15) is 0 Å². The third-order valence-corrected chi connectivity index (χ3v) is 3.41. The molecule has 3 aromatic carbocycles. The fourth-order valence-electron chi connectivity index (χ4n) is 2.14. The number of para-hydroxylation sites is 4. The van der Waals surface area contributed by atoms with E-state index in [1.54, 1.807) is 48.5 Å². The summed E-state index contributed by atoms with van der Waals surface area (Å²) >= 11 is 0. The van der Waals surface area contributed by atoms with Crippen molar-refractivity contribution in [3.05, 3.63) is 83.9 Å². The molecule has 0 aromatic heterocycles. The van der Waals surface area contributed by atoms with Crippen molar-refractivity contribution in [1.82, 2.24) is 0 Å². The van der Waals surface area contributed by atoms with Crippen LogP contribution in [-0.4, -0.2) is 12.4 Å². The molecule has 3 aromatic rings. The molecule has 3 rings (SSSR count). The van der Waals surface area contributed by atoms with Gasteiger partial charge in [0.05, 0.1) is 11.4 Å². The first-order valence-electron chi connectivity index (χ1n) is 7.43. The molecule has 0 N–H and O–H groups in total. The van der Waals surface area contributed by atoms with Crippen molar-refractivity contribution in [2.75, 3.05) is 0 Å². The summed E-state index contributed by atoms with van der Waals surface area (Å²) in [6.07, 6.45) is 3.05. The molecule has 0 saturated carbocycles. The van der Waals surface area contributed by atoms with Crippen molar-refractivity contribution in [2.45, 2.75) is 0 Å². The summed E-state index contributed by atoms with van der Waals surface area (Å²) in [7, 11) is 0. The Morgan fingerprint density at radius 1 is 0.560 bits per heavy atom. The van der Waals surface area contributed by atoms with Crippen LogP contribution in [0.25, 0.3) is 0 Å². The van der Waals surface area contributed by atoms with Crippen LogP contribution in [-0.2, 0) is 17.1 Å². The SMILES string of the molecule is [Mn+2].[O-]c1ccccc1C=Nc1ccccc1N=Cc1ccccc1[O-]. The second-order valence-electron chi connectivity index (χ2n) is 5.08. The normalized spacial score (nSPS) is 10.9. The monoisotopic (exact) mass is 369 g/mol. The summed E-state index contributed by atoms with van der Waals surface area (Å²) in [5, 5.41) is 23.4. The predicted molar refractivity (Wildman–Crippen MR) is 92.7 cm³/mol. The van der Waals surface area contributed by atoms with Gasteiger partial charge in [0.2, 0.25) is 0 Å². The van der Waals surface area contributed by atoms with Gasteiger partial charge in [0.25, 0.3) is 0 Å². The summed E-state index contributed by atoms with van der Waals surface area (Å²) in [6, 6.07) is 20.7. The molecule has 0 unspecified atom stereocenters. The first-order chi connectivity index (χ1) is 11.7. The van der Waals surface area contributed by atoms with Crippen LogP contribution in [0, 0.1) is 0 Å². The van der Waals surface area contributed by atoms with E-state index in [2.05, 4.69) is 9.98 Å². The van der Waals surface area contributed by atoms with Crippen LogP contribution in [0.3, 0.4) is 0 Å². The van der Waals surface area contributed by atoms with E-state index >= 15 is 0 Å². The molecule has 0 heterocycles. The topological polar surface area (TPSA) is 70.8 Å². The fraction of sp³-hybridized carbons (Fsp3) is 0. The molecule has 25 heavy (non-hydrogen) atoms. The van der Waals surface area contributed by atoms with Crippen LogP contribution in [0.15, 0.2) is 82.8 Å². The van der Waals surface area contributed by atoms with Crippen LogP contribution in [0.4, 0.5) is 11.4 Å². The molecule has 123 valence electrons. The van der Waals surface area contributed by atoms with Gasteiger partial charge in [-0.05, 0) is 23.3 Å². The van der Waals surface area contributed by atoms with Gasteiger partial charge < -0.3 is 10.2 Å². The van der Waals surface area contributed by atoms with Crippen LogP contribution >= 0.6 is 0 Å². The second kappa shape index (κ2) is 8.83. The quantitative estimate of drug-likeness (QED) is 0.523. The number of hydrogen-bond acceptors (Lipinski definition) is 4. The van der Waals surface area contributed by atoms with E-state index in [9.17, 15) is 10.2 Å². The molecule has 0 aliphatic rings. The third kappa shape index (κ3) is 4.80. The van der Waals surface area contributed by atoms with Gasteiger partial charge in [0.15, 0.2) is 0 Å². The zero-order valence-electron chi connectivity index (χ0n) is 13.2. The maximum Gasteiger partial charge on any atom is 2.00 e. The van der Waals surface area contributed by atoms with Crippen LogP contribution in [0.1, 0.15) is 11.1 Å². The van der Waals surface area contributed by atoms with Crippen molar-refractivity contribution in [3.8, 4) is 11.5 Å². The Morgan fingerprint density at radius 3 is 1.32 bits per heavy atom. The average Bonchev–Trinajstić information content (AvgIpc) is 2.61. The first-order valence-corrected chi connectivity index (χ1v) is 7.43. The average molecular weight is 369 g/mol. The summed E-state index contributed by atoms with van der Waals surface area (Å²) in [5.74, 6) is -0.162. The molecule has 1 radical (unpaired) electrons. The van der Waals surface area contributed by atoms with Gasteiger partial charge in [0, 0.05) is 12.4 Å². The minimum absolute atomic E-state index is 0. The number of aliphatic imine (C=N–C) groups is 2. The Balaban J connectivity index is 0.00000225. The number of benzene rings is 3. The van der Waals surface area contributed by atoms with Crippen molar-refractivity contribution >= 4 is 23.8 Å². The molecule has 0 spiro atoms. The largest absolute Gasteiger partial charge is 2.00 e. The maximum atomic E-state index is 11.7. The Bertz CT molecular complexity index is 833. The Labute approximate surface area is 156 Å². The summed E-state index contributed by atoms with van der Waals surface area (Å²) in [4.78, 5) is 8.71. The summed E-state index contributed by atoms with van der Waals surface area (Å²) in [6.45, 7) is 0. The standard InChI is InChI=1S/C20H16N2O2.Mn/c23-19-11-5-1-7-15(19)13-21-17-9-3-4-10-18(17)22-14-16-8-2-6-12-20(16)24;/h1-14,23-24H;/q;+2/p-2. The molecule has 5 heteroatoms. The second-order valence-corrected chi connectivity index (χ2v) is 5.08. The van der Waals surface area contributed by atoms with Gasteiger partial charge in [-0.3, -0.25) is 9.98 Å². The van der Waals surface area contributed by atoms with E-state index in [0.717, 1.165) is 0 Å². The van der Waals surface area contributed by atoms with Crippen LogP contribution in [0.5, 0.6) is 11.5 Å². The minimum atomic E-state index is -0.0810. The van der Waals surface area contributed by atoms with Crippen molar-refractivity contribution in [2.24, 2.45) is 9.98 Å². The van der Waals surface area contributed by atoms with E-state index in [4.69, 9.17) is 0 Å². The molecule has 4 nitrogen and oxygen atoms in total. The number of nitrogens with zero attached hydrogens (tertiary/aromatic N) is 2. The number of hydrogen-bond donors (Lipinski definition) is 0. The number of rotatable bonds is 4. The van der Waals surface area contributed by atoms with Crippen molar-refractivity contribution < 1.29 is 27.3 Å². The summed E-state index contributed by atoms with van der Waals surface area (Å²) in [5.41, 5.74) is 2.28. The fourth-order valence-corrected chi connectivity index (χ4v) is 2.14. The Morgan fingerprint density at radius 2 is 0.920 bits per heavy atom. The van der Waals surface area contributed by atoms with Gasteiger partial charge in [-0.1, -0.05) is 60.7 Å². The molecule has 0 atom stereocenters. The van der Waals surface area contributed by atoms with E-state index in [1.807, 2.05) is 12.1 Å². The van der Waals surface area contributed by atoms with Gasteiger partial charge >= 0.3 is 17.1 Å². The molecular weight excluding hydrogens is 355 g/mol. The molecule has 0 bridgehead atoms. The Kier molecular flexibility index (Phi) is 6.52. The first kappa shape index (κ1) is 18.5. The molecule has 0 aliphatic heterocycles. The molecule has 0 aliphatic carbocycles. The zero-order valence-corrected chi connectivity index (χ0v) is 14.4. The molecule has 0 fully saturated rings. The Hall–Kier alpha value is -2.88. The smallest absolute Gasteiger partial charge is 0.872 e. The third-order valence-electron chi connectivity index (χ3n) is 3.41. The van der Waals surface area contributed by atoms with E-state index in [-0.39, 0.29) is 28.6 Å². The summed E-state index contributed by atoms with van der Waals surface area (Å²) < 4.78 is 0. The van der Waals surface area contributed by atoms with E-state index in [1.165, 1.54) is 24.6 Å². The van der Waals surface area contributed by atoms with Gasteiger partial charge in [-0.2, -0.15) is 0 Å². The van der Waals surface area contributed by atoms with Crippen molar-refractivity contribution in [3.63, 3.8) is 0 Å². The van der Waals surface area contributed by atoms with E-state index in [0.29, 0.717) is 22.5 Å². The minimum Gasteiger partial charge on any atom is -0.872 e. The zero-order chi connectivity index (χ0) is 16.8. The molecular formula is C20H14MnN2O2.